The molecule has 22 heavy (non-hydrogen) atoms. The van der Waals surface area contributed by atoms with E-state index in [2.05, 4.69) is 13.0 Å². The Hall–Kier alpha value is -1.39. The summed E-state index contributed by atoms with van der Waals surface area (Å²) in [4.78, 5) is 0.374. The van der Waals surface area contributed by atoms with E-state index in [1.807, 2.05) is 13.0 Å². The predicted octanol–water partition coefficient (Wildman–Crippen LogP) is 3.91. The maximum atomic E-state index is 12.2. The fourth-order valence-corrected chi connectivity index (χ4v) is 3.35. The molecule has 1 aromatic carbocycles. The SMILES string of the molecule is C/C(=C\CS(=O)(=O)c1ccccc1)CC/C=C(\C)CCCO. The quantitative estimate of drug-likeness (QED) is 0.701. The number of rotatable bonds is 9. The van der Waals surface area contributed by atoms with E-state index >= 15 is 0 Å². The third kappa shape index (κ3) is 7.05. The van der Waals surface area contributed by atoms with Gasteiger partial charge in [0.25, 0.3) is 0 Å². The van der Waals surface area contributed by atoms with E-state index in [1.54, 1.807) is 30.3 Å². The highest BCUT2D eigenvalue weighted by atomic mass is 32.2. The maximum Gasteiger partial charge on any atom is 0.181 e. The van der Waals surface area contributed by atoms with Gasteiger partial charge >= 0.3 is 0 Å². The van der Waals surface area contributed by atoms with Crippen LogP contribution in [0.1, 0.15) is 39.5 Å². The summed E-state index contributed by atoms with van der Waals surface area (Å²) in [7, 11) is -3.23. The van der Waals surface area contributed by atoms with Crippen LogP contribution in [0, 0.1) is 0 Å². The van der Waals surface area contributed by atoms with E-state index < -0.39 is 9.84 Å². The molecule has 0 fully saturated rings. The van der Waals surface area contributed by atoms with Gasteiger partial charge in [-0.25, -0.2) is 8.42 Å². The molecular formula is C18H26O3S. The average Bonchev–Trinajstić information content (AvgIpc) is 2.52. The number of aliphatic hydroxyl groups is 1. The zero-order valence-corrected chi connectivity index (χ0v) is 14.3. The Morgan fingerprint density at radius 2 is 1.68 bits per heavy atom. The first-order valence-corrected chi connectivity index (χ1v) is 9.31. The third-order valence-electron chi connectivity index (χ3n) is 3.51. The number of aliphatic hydroxyl groups excluding tert-OH is 1. The van der Waals surface area contributed by atoms with E-state index in [-0.39, 0.29) is 12.4 Å². The second-order valence-electron chi connectivity index (χ2n) is 5.56. The molecule has 0 radical (unpaired) electrons. The van der Waals surface area contributed by atoms with Crippen molar-refractivity contribution in [3.8, 4) is 0 Å². The van der Waals surface area contributed by atoms with Gasteiger partial charge in [-0.2, -0.15) is 0 Å². The molecule has 0 aromatic heterocycles. The Balaban J connectivity index is 2.49. The van der Waals surface area contributed by atoms with Crippen LogP contribution in [0.25, 0.3) is 0 Å². The van der Waals surface area contributed by atoms with E-state index in [9.17, 15) is 8.42 Å². The molecule has 0 aliphatic heterocycles. The second kappa shape index (κ2) is 9.59. The first kappa shape index (κ1) is 18.7. The predicted molar refractivity (Wildman–Crippen MR) is 91.6 cm³/mol. The Morgan fingerprint density at radius 1 is 1.05 bits per heavy atom. The summed E-state index contributed by atoms with van der Waals surface area (Å²) in [5, 5.41) is 8.78. The fourth-order valence-electron chi connectivity index (χ4n) is 2.08. The fraction of sp³-hybridized carbons (Fsp3) is 0.444. The molecule has 0 aliphatic rings. The van der Waals surface area contributed by atoms with Gasteiger partial charge in [-0.05, 0) is 51.7 Å². The van der Waals surface area contributed by atoms with E-state index in [1.165, 1.54) is 5.57 Å². The van der Waals surface area contributed by atoms with Gasteiger partial charge < -0.3 is 5.11 Å². The van der Waals surface area contributed by atoms with Crippen LogP contribution >= 0.6 is 0 Å². The summed E-state index contributed by atoms with van der Waals surface area (Å²) < 4.78 is 24.3. The molecule has 4 heteroatoms. The lowest BCUT2D eigenvalue weighted by Crippen LogP contribution is -2.04. The third-order valence-corrected chi connectivity index (χ3v) is 5.11. The zero-order valence-electron chi connectivity index (χ0n) is 13.5. The minimum absolute atomic E-state index is 0.0516. The normalized spacial score (nSPS) is 13.4. The molecule has 0 aliphatic carbocycles. The Kier molecular flexibility index (Phi) is 8.13. The van der Waals surface area contributed by atoms with Crippen LogP contribution in [0.3, 0.4) is 0 Å². The van der Waals surface area contributed by atoms with Crippen molar-refractivity contribution in [2.24, 2.45) is 0 Å². The van der Waals surface area contributed by atoms with Crippen molar-refractivity contribution in [2.45, 2.75) is 44.4 Å². The molecule has 0 saturated heterocycles. The smallest absolute Gasteiger partial charge is 0.181 e. The topological polar surface area (TPSA) is 54.4 Å². The lowest BCUT2D eigenvalue weighted by molar-refractivity contribution is 0.288. The molecule has 0 unspecified atom stereocenters. The molecule has 1 aromatic rings. The van der Waals surface area contributed by atoms with Crippen LogP contribution in [-0.2, 0) is 9.84 Å². The molecule has 0 atom stereocenters. The Labute approximate surface area is 134 Å². The van der Waals surface area contributed by atoms with Gasteiger partial charge in [-0.3, -0.25) is 0 Å². The van der Waals surface area contributed by atoms with Crippen LogP contribution in [0.15, 0.2) is 58.5 Å². The molecule has 0 bridgehead atoms. The summed E-state index contributed by atoms with van der Waals surface area (Å²) in [6.45, 7) is 4.26. The summed E-state index contributed by atoms with van der Waals surface area (Å²) in [5.74, 6) is 0.0516. The number of hydrogen-bond acceptors (Lipinski definition) is 3. The summed E-state index contributed by atoms with van der Waals surface area (Å²) in [5.41, 5.74) is 2.37. The molecule has 0 saturated carbocycles. The van der Waals surface area contributed by atoms with Crippen LogP contribution in [-0.4, -0.2) is 25.9 Å². The first-order chi connectivity index (χ1) is 10.5. The molecule has 122 valence electrons. The van der Waals surface area contributed by atoms with Crippen LogP contribution in [0.4, 0.5) is 0 Å². The van der Waals surface area contributed by atoms with Crippen LogP contribution < -0.4 is 0 Å². The van der Waals surface area contributed by atoms with E-state index in [4.69, 9.17) is 5.11 Å². The highest BCUT2D eigenvalue weighted by Gasteiger charge is 2.11. The van der Waals surface area contributed by atoms with Gasteiger partial charge in [0, 0.05) is 6.61 Å². The van der Waals surface area contributed by atoms with Crippen molar-refractivity contribution in [1.82, 2.24) is 0 Å². The van der Waals surface area contributed by atoms with Gasteiger partial charge in [0.15, 0.2) is 9.84 Å². The van der Waals surface area contributed by atoms with Crippen molar-refractivity contribution in [3.05, 3.63) is 53.6 Å². The van der Waals surface area contributed by atoms with Gasteiger partial charge in [0.2, 0.25) is 0 Å². The summed E-state index contributed by atoms with van der Waals surface area (Å²) in [6, 6.07) is 8.55. The molecule has 3 nitrogen and oxygen atoms in total. The van der Waals surface area contributed by atoms with Gasteiger partial charge in [-0.15, -0.1) is 0 Å². The zero-order chi connectivity index (χ0) is 16.4. The summed E-state index contributed by atoms with van der Waals surface area (Å²) >= 11 is 0. The van der Waals surface area contributed by atoms with Crippen molar-refractivity contribution in [2.75, 3.05) is 12.4 Å². The van der Waals surface area contributed by atoms with Crippen LogP contribution in [0.5, 0.6) is 0 Å². The molecule has 1 N–H and O–H groups in total. The largest absolute Gasteiger partial charge is 0.396 e. The van der Waals surface area contributed by atoms with Crippen molar-refractivity contribution < 1.29 is 13.5 Å². The number of allylic oxidation sites excluding steroid dienone is 3. The number of benzene rings is 1. The number of hydrogen-bond donors (Lipinski definition) is 1. The van der Waals surface area contributed by atoms with E-state index in [0.717, 1.165) is 31.3 Å². The highest BCUT2D eigenvalue weighted by Crippen LogP contribution is 2.13. The average molecular weight is 322 g/mol. The monoisotopic (exact) mass is 322 g/mol. The van der Waals surface area contributed by atoms with Crippen LogP contribution in [0.2, 0.25) is 0 Å². The number of sulfone groups is 1. The van der Waals surface area contributed by atoms with Crippen molar-refractivity contribution >= 4 is 9.84 Å². The van der Waals surface area contributed by atoms with Gasteiger partial charge in [0.1, 0.15) is 0 Å². The maximum absolute atomic E-state index is 12.2. The van der Waals surface area contributed by atoms with Crippen molar-refractivity contribution in [1.29, 1.82) is 0 Å². The molecule has 0 spiro atoms. The lowest BCUT2D eigenvalue weighted by atomic mass is 10.1. The molecule has 0 heterocycles. The standard InChI is InChI=1S/C18H26O3S/c1-16(10-7-14-19)8-6-9-17(2)13-15-22(20,21)18-11-4-3-5-12-18/h3-5,8,11-13,19H,6-7,9-10,14-15H2,1-2H3/b16-8+,17-13+. The van der Waals surface area contributed by atoms with Gasteiger partial charge in [-0.1, -0.05) is 41.5 Å². The highest BCUT2D eigenvalue weighted by molar-refractivity contribution is 7.91. The molecule has 1 rings (SSSR count). The van der Waals surface area contributed by atoms with Crippen molar-refractivity contribution in [3.63, 3.8) is 0 Å². The minimum atomic E-state index is -3.23. The second-order valence-corrected chi connectivity index (χ2v) is 7.60. The lowest BCUT2D eigenvalue weighted by Gasteiger charge is -2.03. The van der Waals surface area contributed by atoms with Gasteiger partial charge in [0.05, 0.1) is 10.6 Å². The Bertz CT molecular complexity index is 598. The molecular weight excluding hydrogens is 296 g/mol. The molecule has 0 amide bonds. The Morgan fingerprint density at radius 3 is 2.32 bits per heavy atom. The van der Waals surface area contributed by atoms with E-state index in [0.29, 0.717) is 4.90 Å². The minimum Gasteiger partial charge on any atom is -0.396 e. The first-order valence-electron chi connectivity index (χ1n) is 7.65. The summed E-state index contributed by atoms with van der Waals surface area (Å²) in [6.07, 6.45) is 7.46.